The van der Waals surface area contributed by atoms with Gasteiger partial charge >= 0.3 is 0 Å². The molecule has 1 aliphatic rings. The van der Waals surface area contributed by atoms with Gasteiger partial charge in [0.25, 0.3) is 0 Å². The smallest absolute Gasteiger partial charge is 0.00363 e. The van der Waals surface area contributed by atoms with Gasteiger partial charge in [-0.15, -0.1) is 0 Å². The number of hydrogen-bond acceptors (Lipinski definition) is 1. The molecule has 0 spiro atoms. The van der Waals surface area contributed by atoms with Crippen molar-refractivity contribution in [1.29, 1.82) is 0 Å². The van der Waals surface area contributed by atoms with E-state index in [2.05, 4.69) is 34.4 Å². The van der Waals surface area contributed by atoms with Crippen molar-refractivity contribution in [1.82, 2.24) is 4.90 Å². The maximum absolute atomic E-state index is 2.53. The highest BCUT2D eigenvalue weighted by atomic mass is 127. The standard InChI is InChI=1S/C7H14IN/c1-2-9-4-3-7(5-8)6-9/h7H,2-6H2,1H3/t7-/m1/s1. The lowest BCUT2D eigenvalue weighted by Crippen LogP contribution is -2.19. The van der Waals surface area contributed by atoms with Gasteiger partial charge in [0.1, 0.15) is 0 Å². The van der Waals surface area contributed by atoms with E-state index in [4.69, 9.17) is 0 Å². The van der Waals surface area contributed by atoms with Crippen molar-refractivity contribution < 1.29 is 0 Å². The third kappa shape index (κ3) is 2.08. The Kier molecular flexibility index (Phi) is 3.26. The molecular formula is C7H14IN. The second kappa shape index (κ2) is 3.76. The summed E-state index contributed by atoms with van der Waals surface area (Å²) in [5, 5.41) is 0. The van der Waals surface area contributed by atoms with Crippen molar-refractivity contribution >= 4 is 22.6 Å². The van der Waals surface area contributed by atoms with Gasteiger partial charge in [-0.05, 0) is 25.4 Å². The van der Waals surface area contributed by atoms with Crippen molar-refractivity contribution in [3.8, 4) is 0 Å². The van der Waals surface area contributed by atoms with E-state index < -0.39 is 0 Å². The maximum Gasteiger partial charge on any atom is 0.00363 e. The van der Waals surface area contributed by atoms with Crippen LogP contribution in [0.5, 0.6) is 0 Å². The third-order valence-corrected chi connectivity index (χ3v) is 3.28. The maximum atomic E-state index is 2.53. The molecule has 2 heteroatoms. The predicted octanol–water partition coefficient (Wildman–Crippen LogP) is 1.76. The van der Waals surface area contributed by atoms with Gasteiger partial charge in [-0.25, -0.2) is 0 Å². The lowest BCUT2D eigenvalue weighted by molar-refractivity contribution is 0.348. The first-order valence-corrected chi connectivity index (χ1v) is 5.17. The second-order valence-electron chi connectivity index (χ2n) is 2.70. The molecule has 1 atom stereocenters. The zero-order chi connectivity index (χ0) is 6.69. The van der Waals surface area contributed by atoms with E-state index in [1.807, 2.05) is 0 Å². The zero-order valence-electron chi connectivity index (χ0n) is 5.94. The molecule has 0 aliphatic carbocycles. The molecule has 9 heavy (non-hydrogen) atoms. The minimum Gasteiger partial charge on any atom is -0.303 e. The minimum absolute atomic E-state index is 0.991. The van der Waals surface area contributed by atoms with Gasteiger partial charge in [-0.1, -0.05) is 29.5 Å². The van der Waals surface area contributed by atoms with Gasteiger partial charge in [0.2, 0.25) is 0 Å². The molecule has 0 aromatic heterocycles. The summed E-state index contributed by atoms with van der Waals surface area (Å²) in [7, 11) is 0. The summed E-state index contributed by atoms with van der Waals surface area (Å²) in [6.45, 7) is 6.17. The van der Waals surface area contributed by atoms with Gasteiger partial charge in [-0.2, -0.15) is 0 Å². The Morgan fingerprint density at radius 1 is 1.67 bits per heavy atom. The molecule has 0 bridgehead atoms. The Morgan fingerprint density at radius 3 is 2.78 bits per heavy atom. The SMILES string of the molecule is CCN1CC[C@H](CI)C1. The summed E-state index contributed by atoms with van der Waals surface area (Å²) in [6, 6.07) is 0. The van der Waals surface area contributed by atoms with Crippen LogP contribution >= 0.6 is 22.6 Å². The number of rotatable bonds is 2. The van der Waals surface area contributed by atoms with Crippen molar-refractivity contribution in [2.24, 2.45) is 5.92 Å². The van der Waals surface area contributed by atoms with Gasteiger partial charge in [0.15, 0.2) is 0 Å². The van der Waals surface area contributed by atoms with Crippen LogP contribution < -0.4 is 0 Å². The molecule has 1 nitrogen and oxygen atoms in total. The first-order chi connectivity index (χ1) is 4.36. The fraction of sp³-hybridized carbons (Fsp3) is 1.00. The fourth-order valence-electron chi connectivity index (χ4n) is 1.33. The Balaban J connectivity index is 2.20. The Bertz CT molecular complexity index is 75.0. The van der Waals surface area contributed by atoms with Gasteiger partial charge < -0.3 is 4.90 Å². The molecule has 54 valence electrons. The molecule has 1 saturated heterocycles. The van der Waals surface area contributed by atoms with E-state index in [1.54, 1.807) is 0 Å². The summed E-state index contributed by atoms with van der Waals surface area (Å²) in [5.41, 5.74) is 0. The predicted molar refractivity (Wildman–Crippen MR) is 49.1 cm³/mol. The summed E-state index contributed by atoms with van der Waals surface area (Å²) < 4.78 is 1.34. The molecule has 0 saturated carbocycles. The molecule has 1 fully saturated rings. The summed E-state index contributed by atoms with van der Waals surface area (Å²) >= 11 is 2.49. The highest BCUT2D eigenvalue weighted by Gasteiger charge is 2.18. The lowest BCUT2D eigenvalue weighted by Gasteiger charge is -2.10. The van der Waals surface area contributed by atoms with E-state index in [0.29, 0.717) is 0 Å². The largest absolute Gasteiger partial charge is 0.303 e. The molecule has 0 aromatic carbocycles. The number of likely N-dealkylation sites (tertiary alicyclic amines) is 1. The van der Waals surface area contributed by atoms with E-state index >= 15 is 0 Å². The van der Waals surface area contributed by atoms with Crippen LogP contribution in [-0.2, 0) is 0 Å². The van der Waals surface area contributed by atoms with Crippen molar-refractivity contribution in [2.75, 3.05) is 24.1 Å². The average molecular weight is 239 g/mol. The number of nitrogens with zero attached hydrogens (tertiary/aromatic N) is 1. The monoisotopic (exact) mass is 239 g/mol. The van der Waals surface area contributed by atoms with Crippen molar-refractivity contribution in [3.05, 3.63) is 0 Å². The van der Waals surface area contributed by atoms with Crippen LogP contribution in [0.2, 0.25) is 0 Å². The number of halogens is 1. The summed E-state index contributed by atoms with van der Waals surface area (Å²) in [5.74, 6) is 0.991. The van der Waals surface area contributed by atoms with Crippen LogP contribution in [0, 0.1) is 5.92 Å². The molecule has 1 aliphatic heterocycles. The van der Waals surface area contributed by atoms with E-state index in [0.717, 1.165) is 5.92 Å². The van der Waals surface area contributed by atoms with Crippen LogP contribution in [0.4, 0.5) is 0 Å². The number of hydrogen-bond donors (Lipinski definition) is 0. The molecule has 0 radical (unpaired) electrons. The molecule has 1 heterocycles. The van der Waals surface area contributed by atoms with E-state index in [1.165, 1.54) is 30.5 Å². The molecule has 0 unspecified atom stereocenters. The molecule has 0 N–H and O–H groups in total. The molecule has 1 rings (SSSR count). The highest BCUT2D eigenvalue weighted by molar-refractivity contribution is 14.1. The average Bonchev–Trinajstić information content (AvgIpc) is 2.34. The molecular weight excluding hydrogens is 225 g/mol. The third-order valence-electron chi connectivity index (χ3n) is 2.04. The van der Waals surface area contributed by atoms with Gasteiger partial charge in [-0.3, -0.25) is 0 Å². The highest BCUT2D eigenvalue weighted by Crippen LogP contribution is 2.17. The Hall–Kier alpha value is 0.690. The van der Waals surface area contributed by atoms with E-state index in [-0.39, 0.29) is 0 Å². The Morgan fingerprint density at radius 2 is 2.44 bits per heavy atom. The van der Waals surface area contributed by atoms with Crippen LogP contribution in [-0.4, -0.2) is 29.0 Å². The Labute approximate surface area is 70.9 Å². The van der Waals surface area contributed by atoms with Crippen LogP contribution in [0.1, 0.15) is 13.3 Å². The first-order valence-electron chi connectivity index (χ1n) is 3.65. The second-order valence-corrected chi connectivity index (χ2v) is 3.58. The normalized spacial score (nSPS) is 29.3. The van der Waals surface area contributed by atoms with Crippen LogP contribution in [0.15, 0.2) is 0 Å². The van der Waals surface area contributed by atoms with E-state index in [9.17, 15) is 0 Å². The van der Waals surface area contributed by atoms with Gasteiger partial charge in [0, 0.05) is 11.0 Å². The minimum atomic E-state index is 0.991. The van der Waals surface area contributed by atoms with Crippen molar-refractivity contribution in [3.63, 3.8) is 0 Å². The fourth-order valence-corrected chi connectivity index (χ4v) is 2.04. The van der Waals surface area contributed by atoms with Crippen molar-refractivity contribution in [2.45, 2.75) is 13.3 Å². The summed E-state index contributed by atoms with van der Waals surface area (Å²) in [4.78, 5) is 2.53. The quantitative estimate of drug-likeness (QED) is 0.524. The number of alkyl halides is 1. The molecule has 0 amide bonds. The lowest BCUT2D eigenvalue weighted by atomic mass is 10.2. The van der Waals surface area contributed by atoms with Gasteiger partial charge in [0.05, 0.1) is 0 Å². The van der Waals surface area contributed by atoms with Crippen LogP contribution in [0.25, 0.3) is 0 Å². The summed E-state index contributed by atoms with van der Waals surface area (Å²) in [6.07, 6.45) is 1.43. The zero-order valence-corrected chi connectivity index (χ0v) is 8.10. The topological polar surface area (TPSA) is 3.24 Å². The molecule has 0 aromatic rings. The first kappa shape index (κ1) is 7.79. The van der Waals surface area contributed by atoms with Crippen LogP contribution in [0.3, 0.4) is 0 Å².